The lowest BCUT2D eigenvalue weighted by Crippen LogP contribution is -2.46. The molecule has 0 radical (unpaired) electrons. The zero-order valence-electron chi connectivity index (χ0n) is 8.64. The van der Waals surface area contributed by atoms with Crippen LogP contribution in [0.5, 0.6) is 0 Å². The molecule has 1 saturated heterocycles. The number of urea groups is 1. The van der Waals surface area contributed by atoms with E-state index >= 15 is 0 Å². The van der Waals surface area contributed by atoms with Gasteiger partial charge in [-0.1, -0.05) is 12.5 Å². The third-order valence-corrected chi connectivity index (χ3v) is 2.60. The summed E-state index contributed by atoms with van der Waals surface area (Å²) in [5, 5.41) is 4.95. The van der Waals surface area contributed by atoms with E-state index in [-0.39, 0.29) is 5.91 Å². The third-order valence-electron chi connectivity index (χ3n) is 2.60. The molecule has 1 heterocycles. The van der Waals surface area contributed by atoms with Crippen molar-refractivity contribution in [3.05, 3.63) is 12.2 Å². The predicted molar refractivity (Wildman–Crippen MR) is 53.7 cm³/mol. The highest BCUT2D eigenvalue weighted by atomic mass is 16.2. The molecule has 1 atom stereocenters. The zero-order chi connectivity index (χ0) is 10.8. The minimum atomic E-state index is -0.712. The summed E-state index contributed by atoms with van der Waals surface area (Å²) in [4.78, 5) is 22.5. The molecular weight excluding hydrogens is 180 g/mol. The van der Waals surface area contributed by atoms with Crippen LogP contribution in [0.2, 0.25) is 0 Å². The van der Waals surface area contributed by atoms with Crippen LogP contribution in [0.25, 0.3) is 0 Å². The lowest BCUT2D eigenvalue weighted by Gasteiger charge is -2.24. The van der Waals surface area contributed by atoms with Gasteiger partial charge in [-0.25, -0.2) is 4.79 Å². The molecule has 1 fully saturated rings. The summed E-state index contributed by atoms with van der Waals surface area (Å²) < 4.78 is 0. The Morgan fingerprint density at radius 1 is 1.50 bits per heavy atom. The Bertz CT molecular complexity index is 286. The fourth-order valence-electron chi connectivity index (χ4n) is 1.56. The molecule has 4 heteroatoms. The van der Waals surface area contributed by atoms with Crippen molar-refractivity contribution in [1.82, 2.24) is 10.6 Å². The quantitative estimate of drug-likeness (QED) is 0.526. The number of allylic oxidation sites excluding steroid dienone is 1. The molecule has 1 unspecified atom stereocenters. The van der Waals surface area contributed by atoms with E-state index in [2.05, 4.69) is 17.2 Å². The van der Waals surface area contributed by atoms with E-state index in [1.165, 1.54) is 0 Å². The van der Waals surface area contributed by atoms with Gasteiger partial charge in [0.05, 0.1) is 0 Å². The second-order valence-corrected chi connectivity index (χ2v) is 3.80. The summed E-state index contributed by atoms with van der Waals surface area (Å²) in [7, 11) is 0. The van der Waals surface area contributed by atoms with Gasteiger partial charge in [-0.2, -0.15) is 0 Å². The van der Waals surface area contributed by atoms with Crippen LogP contribution in [0.3, 0.4) is 0 Å². The summed E-state index contributed by atoms with van der Waals surface area (Å²) in [5.41, 5.74) is 0.308. The van der Waals surface area contributed by atoms with Crippen LogP contribution in [0.1, 0.15) is 33.1 Å². The first-order valence-electron chi connectivity index (χ1n) is 4.78. The summed E-state index contributed by atoms with van der Waals surface area (Å²) in [5.74, 6) is -0.216. The highest BCUT2D eigenvalue weighted by molar-refractivity contribution is 6.06. The molecule has 0 saturated carbocycles. The lowest BCUT2D eigenvalue weighted by atomic mass is 9.89. The SMILES string of the molecule is C=C(C)CCC1(CC)NC(=O)NC1=O. The minimum absolute atomic E-state index is 0.216. The Hall–Kier alpha value is -1.32. The van der Waals surface area contributed by atoms with Crippen LogP contribution in [-0.2, 0) is 4.79 Å². The highest BCUT2D eigenvalue weighted by Crippen LogP contribution is 2.23. The number of hydrogen-bond acceptors (Lipinski definition) is 2. The number of imide groups is 1. The zero-order valence-corrected chi connectivity index (χ0v) is 8.64. The highest BCUT2D eigenvalue weighted by Gasteiger charge is 2.43. The molecule has 1 aliphatic rings. The molecule has 4 nitrogen and oxygen atoms in total. The Morgan fingerprint density at radius 3 is 2.50 bits per heavy atom. The van der Waals surface area contributed by atoms with Gasteiger partial charge in [0.1, 0.15) is 5.54 Å². The maximum atomic E-state index is 11.5. The van der Waals surface area contributed by atoms with Gasteiger partial charge in [0.25, 0.3) is 5.91 Å². The summed E-state index contributed by atoms with van der Waals surface area (Å²) >= 11 is 0. The van der Waals surface area contributed by atoms with Crippen LogP contribution in [0, 0.1) is 0 Å². The molecule has 0 spiro atoms. The molecule has 0 aromatic heterocycles. The van der Waals surface area contributed by atoms with Crippen molar-refractivity contribution >= 4 is 11.9 Å². The van der Waals surface area contributed by atoms with Crippen molar-refractivity contribution in [3.63, 3.8) is 0 Å². The third kappa shape index (κ3) is 1.95. The fraction of sp³-hybridized carbons (Fsp3) is 0.600. The van der Waals surface area contributed by atoms with Crippen molar-refractivity contribution in [2.45, 2.75) is 38.6 Å². The largest absolute Gasteiger partial charge is 0.323 e. The van der Waals surface area contributed by atoms with Gasteiger partial charge in [-0.15, -0.1) is 6.58 Å². The number of nitrogens with one attached hydrogen (secondary N) is 2. The summed E-state index contributed by atoms with van der Waals surface area (Å²) in [6.45, 7) is 7.59. The number of carbonyl (C=O) groups is 2. The van der Waals surface area contributed by atoms with Gasteiger partial charge in [-0.3, -0.25) is 10.1 Å². The van der Waals surface area contributed by atoms with Gasteiger partial charge in [-0.05, 0) is 26.2 Å². The van der Waals surface area contributed by atoms with Crippen LogP contribution in [-0.4, -0.2) is 17.5 Å². The molecule has 0 aromatic carbocycles. The monoisotopic (exact) mass is 196 g/mol. The van der Waals surface area contributed by atoms with Gasteiger partial charge >= 0.3 is 6.03 Å². The van der Waals surface area contributed by atoms with Gasteiger partial charge in [0.15, 0.2) is 0 Å². The molecular formula is C10H16N2O2. The Kier molecular flexibility index (Phi) is 2.93. The maximum Gasteiger partial charge on any atom is 0.322 e. The number of carbonyl (C=O) groups excluding carboxylic acids is 2. The molecule has 3 amide bonds. The first-order valence-corrected chi connectivity index (χ1v) is 4.78. The van der Waals surface area contributed by atoms with E-state index in [0.29, 0.717) is 12.8 Å². The molecule has 0 aromatic rings. The second-order valence-electron chi connectivity index (χ2n) is 3.80. The predicted octanol–water partition coefficient (Wildman–Crippen LogP) is 1.33. The van der Waals surface area contributed by atoms with E-state index in [4.69, 9.17) is 0 Å². The Balaban J connectivity index is 2.71. The normalized spacial score (nSPS) is 25.9. The topological polar surface area (TPSA) is 58.2 Å². The van der Waals surface area contributed by atoms with Gasteiger partial charge < -0.3 is 5.32 Å². The average molecular weight is 196 g/mol. The Labute approximate surface area is 83.8 Å². The van der Waals surface area contributed by atoms with Crippen molar-refractivity contribution in [3.8, 4) is 0 Å². The van der Waals surface area contributed by atoms with Crippen molar-refractivity contribution < 1.29 is 9.59 Å². The van der Waals surface area contributed by atoms with Crippen molar-refractivity contribution in [2.75, 3.05) is 0 Å². The molecule has 2 N–H and O–H groups in total. The van der Waals surface area contributed by atoms with Crippen LogP contribution in [0.4, 0.5) is 4.79 Å². The van der Waals surface area contributed by atoms with Crippen molar-refractivity contribution in [1.29, 1.82) is 0 Å². The lowest BCUT2D eigenvalue weighted by molar-refractivity contribution is -0.124. The molecule has 0 aliphatic carbocycles. The van der Waals surface area contributed by atoms with Gasteiger partial charge in [0.2, 0.25) is 0 Å². The van der Waals surface area contributed by atoms with E-state index in [0.717, 1.165) is 12.0 Å². The van der Waals surface area contributed by atoms with E-state index < -0.39 is 11.6 Å². The summed E-state index contributed by atoms with van der Waals surface area (Å²) in [6, 6.07) is -0.390. The van der Waals surface area contributed by atoms with Gasteiger partial charge in [0, 0.05) is 0 Å². The van der Waals surface area contributed by atoms with E-state index in [9.17, 15) is 9.59 Å². The molecule has 1 aliphatic heterocycles. The average Bonchev–Trinajstić information content (AvgIpc) is 2.38. The van der Waals surface area contributed by atoms with E-state index in [1.54, 1.807) is 0 Å². The van der Waals surface area contributed by atoms with Crippen LogP contribution >= 0.6 is 0 Å². The fourth-order valence-corrected chi connectivity index (χ4v) is 1.56. The minimum Gasteiger partial charge on any atom is -0.323 e. The Morgan fingerprint density at radius 2 is 2.14 bits per heavy atom. The van der Waals surface area contributed by atoms with Crippen molar-refractivity contribution in [2.24, 2.45) is 0 Å². The number of hydrogen-bond donors (Lipinski definition) is 2. The number of amides is 3. The molecule has 14 heavy (non-hydrogen) atoms. The second kappa shape index (κ2) is 3.82. The van der Waals surface area contributed by atoms with Crippen LogP contribution in [0.15, 0.2) is 12.2 Å². The standard InChI is InChI=1S/C10H16N2O2/c1-4-10(6-5-7(2)3)8(13)11-9(14)12-10/h2,4-6H2,1,3H3,(H2,11,12,13,14). The smallest absolute Gasteiger partial charge is 0.322 e. The first-order chi connectivity index (χ1) is 6.50. The summed E-state index contributed by atoms with van der Waals surface area (Å²) in [6.07, 6.45) is 1.98. The first kappa shape index (κ1) is 10.8. The number of rotatable bonds is 4. The molecule has 1 rings (SSSR count). The maximum absolute atomic E-state index is 11.5. The molecule has 78 valence electrons. The van der Waals surface area contributed by atoms with Crippen LogP contribution < -0.4 is 10.6 Å². The molecule has 0 bridgehead atoms. The van der Waals surface area contributed by atoms with E-state index in [1.807, 2.05) is 13.8 Å².